The van der Waals surface area contributed by atoms with Gasteiger partial charge in [0.15, 0.2) is 0 Å². The molecule has 14 heteroatoms. The van der Waals surface area contributed by atoms with Crippen LogP contribution in [0.2, 0.25) is 0 Å². The van der Waals surface area contributed by atoms with Gasteiger partial charge in [-0.2, -0.15) is 0 Å². The quantitative estimate of drug-likeness (QED) is 0.105. The molecule has 1 fully saturated rings. The molecule has 0 radical (unpaired) electrons. The van der Waals surface area contributed by atoms with Gasteiger partial charge >= 0.3 is 12.1 Å². The second-order valence-corrected chi connectivity index (χ2v) is 18.5. The highest BCUT2D eigenvalue weighted by atomic mass is 32.1. The van der Waals surface area contributed by atoms with Crippen molar-refractivity contribution in [3.05, 3.63) is 106 Å². The molecule has 1 aliphatic rings. The molecule has 316 valence electrons. The molecule has 1 saturated heterocycles. The van der Waals surface area contributed by atoms with Gasteiger partial charge in [-0.05, 0) is 60.3 Å². The van der Waals surface area contributed by atoms with E-state index >= 15 is 0 Å². The van der Waals surface area contributed by atoms with Crippen molar-refractivity contribution in [2.75, 3.05) is 20.2 Å². The van der Waals surface area contributed by atoms with Crippen molar-refractivity contribution in [3.63, 3.8) is 0 Å². The van der Waals surface area contributed by atoms with Crippen LogP contribution in [0.25, 0.3) is 11.3 Å². The molecular weight excluding hydrogens is 767 g/mol. The van der Waals surface area contributed by atoms with Crippen LogP contribution in [-0.2, 0) is 33.7 Å². The summed E-state index contributed by atoms with van der Waals surface area (Å²) in [7, 11) is 1.23. The third kappa shape index (κ3) is 12.3. The zero-order valence-electron chi connectivity index (χ0n) is 35.4. The second kappa shape index (κ2) is 19.6. The van der Waals surface area contributed by atoms with Crippen LogP contribution in [0, 0.1) is 17.8 Å². The first-order chi connectivity index (χ1) is 27.9. The average molecular weight is 826 g/mol. The number of aliphatic hydroxyl groups excluding tert-OH is 1. The van der Waals surface area contributed by atoms with Gasteiger partial charge in [0, 0.05) is 36.3 Å². The smallest absolute Gasteiger partial charge is 0.407 e. The Morgan fingerprint density at radius 2 is 1.53 bits per heavy atom. The van der Waals surface area contributed by atoms with E-state index < -0.39 is 53.1 Å². The highest BCUT2D eigenvalue weighted by molar-refractivity contribution is 7.09. The van der Waals surface area contributed by atoms with E-state index in [2.05, 4.69) is 25.9 Å². The van der Waals surface area contributed by atoms with Crippen LogP contribution in [0.4, 0.5) is 9.59 Å². The van der Waals surface area contributed by atoms with Crippen molar-refractivity contribution >= 4 is 35.3 Å². The van der Waals surface area contributed by atoms with Gasteiger partial charge < -0.3 is 35.6 Å². The Labute approximate surface area is 352 Å². The summed E-state index contributed by atoms with van der Waals surface area (Å²) in [6.45, 7) is 14.5. The number of benzene rings is 2. The first kappa shape index (κ1) is 44.8. The van der Waals surface area contributed by atoms with Gasteiger partial charge in [-0.1, -0.05) is 102 Å². The first-order valence-electron chi connectivity index (χ1n) is 20.1. The molecule has 5 atom stereocenters. The van der Waals surface area contributed by atoms with Gasteiger partial charge in [-0.15, -0.1) is 11.3 Å². The maximum absolute atomic E-state index is 14.5. The lowest BCUT2D eigenvalue weighted by Crippen LogP contribution is -2.59. The maximum atomic E-state index is 14.5. The molecule has 1 aliphatic heterocycles. The van der Waals surface area contributed by atoms with Gasteiger partial charge in [-0.3, -0.25) is 14.6 Å². The molecule has 0 bridgehead atoms. The zero-order chi connectivity index (χ0) is 42.9. The molecular formula is C45H59N7O6S. The Bertz CT molecular complexity index is 2010. The predicted molar refractivity (Wildman–Crippen MR) is 229 cm³/mol. The van der Waals surface area contributed by atoms with E-state index in [1.54, 1.807) is 16.0 Å². The van der Waals surface area contributed by atoms with Gasteiger partial charge in [0.2, 0.25) is 11.8 Å². The fourth-order valence-corrected chi connectivity index (χ4v) is 8.10. The van der Waals surface area contributed by atoms with E-state index in [0.717, 1.165) is 33.1 Å². The number of aliphatic hydroxyl groups is 1. The summed E-state index contributed by atoms with van der Waals surface area (Å²) >= 11 is 1.53. The van der Waals surface area contributed by atoms with Gasteiger partial charge in [0.05, 0.1) is 42.2 Å². The Morgan fingerprint density at radius 1 is 0.847 bits per heavy atom. The summed E-state index contributed by atoms with van der Waals surface area (Å²) in [5, 5.41) is 24.0. The summed E-state index contributed by atoms with van der Waals surface area (Å²) < 4.78 is 4.83. The molecule has 0 saturated carbocycles. The minimum Gasteiger partial charge on any atom is -0.453 e. The van der Waals surface area contributed by atoms with Crippen LogP contribution in [0.5, 0.6) is 0 Å². The molecule has 5 unspecified atom stereocenters. The molecule has 3 heterocycles. The topological polar surface area (TPSA) is 166 Å². The number of thiazole rings is 1. The molecule has 2 aromatic heterocycles. The van der Waals surface area contributed by atoms with Crippen molar-refractivity contribution in [1.82, 2.24) is 35.7 Å². The van der Waals surface area contributed by atoms with Crippen molar-refractivity contribution < 1.29 is 29.0 Å². The number of amides is 5. The summed E-state index contributed by atoms with van der Waals surface area (Å²) in [6.07, 6.45) is 0.535. The first-order valence-corrected chi connectivity index (χ1v) is 20.9. The number of methoxy groups -OCH3 is 1. The normalized spacial score (nSPS) is 15.8. The molecule has 0 spiro atoms. The van der Waals surface area contributed by atoms with Crippen molar-refractivity contribution in [1.29, 1.82) is 0 Å². The highest BCUT2D eigenvalue weighted by Gasteiger charge is 2.44. The number of carbonyl (C=O) groups is 4. The number of rotatable bonds is 16. The summed E-state index contributed by atoms with van der Waals surface area (Å²) in [5.74, 6) is -0.815. The maximum Gasteiger partial charge on any atom is 0.407 e. The van der Waals surface area contributed by atoms with Gasteiger partial charge in [0.1, 0.15) is 12.1 Å². The molecule has 13 nitrogen and oxygen atoms in total. The lowest BCUT2D eigenvalue weighted by Gasteiger charge is -2.38. The van der Waals surface area contributed by atoms with E-state index in [0.29, 0.717) is 26.1 Å². The number of urea groups is 1. The monoisotopic (exact) mass is 825 g/mol. The number of alkyl carbamates (subject to hydrolysis) is 1. The average Bonchev–Trinajstić information content (AvgIpc) is 3.76. The number of pyridine rings is 1. The third-order valence-corrected chi connectivity index (χ3v) is 11.3. The highest BCUT2D eigenvalue weighted by Crippen LogP contribution is 2.30. The second-order valence-electron chi connectivity index (χ2n) is 17.4. The van der Waals surface area contributed by atoms with Gasteiger partial charge in [-0.25, -0.2) is 14.6 Å². The minimum absolute atomic E-state index is 0.0718. The van der Waals surface area contributed by atoms with Crippen molar-refractivity contribution in [2.24, 2.45) is 10.8 Å². The summed E-state index contributed by atoms with van der Waals surface area (Å²) in [5.41, 5.74) is 3.01. The predicted octanol–water partition coefficient (Wildman–Crippen LogP) is 6.14. The molecule has 0 aliphatic carbocycles. The largest absolute Gasteiger partial charge is 0.453 e. The van der Waals surface area contributed by atoms with E-state index in [9.17, 15) is 24.3 Å². The van der Waals surface area contributed by atoms with Crippen LogP contribution < -0.4 is 16.0 Å². The summed E-state index contributed by atoms with van der Waals surface area (Å²) in [6, 6.07) is 19.7. The third-order valence-electron chi connectivity index (χ3n) is 10.5. The minimum atomic E-state index is -1.15. The molecule has 5 rings (SSSR count). The SMILES string of the molecule is COC(=O)NC(C(=O)NC(Cc1ccc(-c2ccccn2)cc1)C(O)CC(Cc1ccccc1)NC(=O)C(N1CCN(Cc2csc(C)n2)C1=O)C(C)(C)C)C(C)(C)C. The van der Waals surface area contributed by atoms with Crippen molar-refractivity contribution in [2.45, 2.75) is 105 Å². The van der Waals surface area contributed by atoms with Crippen LogP contribution in [0.15, 0.2) is 84.4 Å². The van der Waals surface area contributed by atoms with E-state index in [4.69, 9.17) is 4.74 Å². The lowest BCUT2D eigenvalue weighted by atomic mass is 9.84. The molecule has 4 N–H and O–H groups in total. The Morgan fingerprint density at radius 3 is 2.12 bits per heavy atom. The molecule has 59 heavy (non-hydrogen) atoms. The fourth-order valence-electron chi connectivity index (χ4n) is 7.49. The van der Waals surface area contributed by atoms with Crippen LogP contribution in [0.1, 0.15) is 69.8 Å². The molecule has 4 aromatic rings. The number of carbonyl (C=O) groups excluding carboxylic acids is 4. The van der Waals surface area contributed by atoms with E-state index in [1.165, 1.54) is 18.4 Å². The lowest BCUT2D eigenvalue weighted by molar-refractivity contribution is -0.130. The van der Waals surface area contributed by atoms with Crippen molar-refractivity contribution in [3.8, 4) is 11.3 Å². The van der Waals surface area contributed by atoms with Gasteiger partial charge in [0.25, 0.3) is 0 Å². The Balaban J connectivity index is 1.41. The zero-order valence-corrected chi connectivity index (χ0v) is 36.2. The number of ether oxygens (including phenoxy) is 1. The molecule has 5 amide bonds. The van der Waals surface area contributed by atoms with Crippen LogP contribution >= 0.6 is 11.3 Å². The fraction of sp³-hybridized carbons (Fsp3) is 0.467. The van der Waals surface area contributed by atoms with E-state index in [-0.39, 0.29) is 24.8 Å². The number of hydrogen-bond acceptors (Lipinski definition) is 9. The van der Waals surface area contributed by atoms with Crippen LogP contribution in [0.3, 0.4) is 0 Å². The number of nitrogens with zero attached hydrogens (tertiary/aromatic N) is 4. The van der Waals surface area contributed by atoms with E-state index in [1.807, 2.05) is 127 Å². The Kier molecular flexibility index (Phi) is 14.9. The summed E-state index contributed by atoms with van der Waals surface area (Å²) in [4.78, 5) is 67.2. The Hall–Kier alpha value is -5.34. The number of nitrogens with one attached hydrogen (secondary N) is 3. The van der Waals surface area contributed by atoms with Crippen LogP contribution in [-0.4, -0.2) is 99.3 Å². The number of hydrogen-bond donors (Lipinski definition) is 4. The standard InChI is InChI=1S/C45H59N7O6S/c1-29-47-34(28-59-29)27-51-22-23-52(43(51)57)39(45(5,6)7)41(55)48-33(24-30-14-10-9-11-15-30)26-37(53)36(49-40(54)38(44(2,3)4)50-42(56)58-8)25-31-17-19-32(20-18-31)35-16-12-13-21-46-35/h9-21,28,33,36-39,53H,22-27H2,1-8H3,(H,48,55)(H,49,54)(H,50,56). The number of aromatic nitrogens is 2. The molecule has 2 aromatic carbocycles. The number of aryl methyl sites for hydroxylation is 1.